The maximum atomic E-state index is 5.92. The number of nitrogens with zero attached hydrogens (tertiary/aromatic N) is 2. The molecule has 0 saturated carbocycles. The Labute approximate surface area is 102 Å². The van der Waals surface area contributed by atoms with E-state index in [4.69, 9.17) is 17.3 Å². The van der Waals surface area contributed by atoms with E-state index in [1.807, 2.05) is 12.1 Å². The molecule has 1 saturated heterocycles. The molecule has 16 heavy (non-hydrogen) atoms. The highest BCUT2D eigenvalue weighted by Gasteiger charge is 2.22. The SMILES string of the molecule is CC(N)C1CCN(c2ccc(Cl)cn2)CC1. The van der Waals surface area contributed by atoms with E-state index in [1.54, 1.807) is 6.20 Å². The Balaban J connectivity index is 1.96. The quantitative estimate of drug-likeness (QED) is 0.861. The average molecular weight is 240 g/mol. The van der Waals surface area contributed by atoms with Crippen LogP contribution in [0.5, 0.6) is 0 Å². The lowest BCUT2D eigenvalue weighted by molar-refractivity contribution is 0.353. The zero-order valence-electron chi connectivity index (χ0n) is 9.56. The van der Waals surface area contributed by atoms with Crippen molar-refractivity contribution in [3.05, 3.63) is 23.4 Å². The molecule has 1 aliphatic heterocycles. The maximum Gasteiger partial charge on any atom is 0.128 e. The standard InChI is InChI=1S/C12H18ClN3/c1-9(14)10-4-6-16(7-5-10)12-3-2-11(13)8-15-12/h2-3,8-10H,4-7,14H2,1H3. The lowest BCUT2D eigenvalue weighted by atomic mass is 9.91. The smallest absolute Gasteiger partial charge is 0.128 e. The van der Waals surface area contributed by atoms with Crippen LogP contribution in [-0.4, -0.2) is 24.1 Å². The van der Waals surface area contributed by atoms with Crippen LogP contribution in [0, 0.1) is 5.92 Å². The molecule has 2 heterocycles. The van der Waals surface area contributed by atoms with Gasteiger partial charge in [0.25, 0.3) is 0 Å². The number of halogens is 1. The van der Waals surface area contributed by atoms with Crippen LogP contribution in [0.25, 0.3) is 0 Å². The lowest BCUT2D eigenvalue weighted by Crippen LogP contribution is -2.40. The highest BCUT2D eigenvalue weighted by Crippen LogP contribution is 2.23. The van der Waals surface area contributed by atoms with Crippen LogP contribution in [0.4, 0.5) is 5.82 Å². The third-order valence-corrected chi connectivity index (χ3v) is 3.54. The van der Waals surface area contributed by atoms with Gasteiger partial charge in [0.15, 0.2) is 0 Å². The molecule has 1 aliphatic rings. The first-order valence-electron chi connectivity index (χ1n) is 5.79. The Morgan fingerprint density at radius 1 is 1.44 bits per heavy atom. The van der Waals surface area contributed by atoms with Gasteiger partial charge >= 0.3 is 0 Å². The number of rotatable bonds is 2. The second-order valence-corrected chi connectivity index (χ2v) is 4.95. The molecule has 0 bridgehead atoms. The van der Waals surface area contributed by atoms with Gasteiger partial charge in [0.05, 0.1) is 5.02 Å². The van der Waals surface area contributed by atoms with Gasteiger partial charge in [0.2, 0.25) is 0 Å². The van der Waals surface area contributed by atoms with Crippen LogP contribution in [0.1, 0.15) is 19.8 Å². The van der Waals surface area contributed by atoms with Crippen LogP contribution >= 0.6 is 11.6 Å². The van der Waals surface area contributed by atoms with E-state index < -0.39 is 0 Å². The number of nitrogens with two attached hydrogens (primary N) is 1. The fraction of sp³-hybridized carbons (Fsp3) is 0.583. The van der Waals surface area contributed by atoms with Crippen LogP contribution in [0.3, 0.4) is 0 Å². The monoisotopic (exact) mass is 239 g/mol. The summed E-state index contributed by atoms with van der Waals surface area (Å²) in [6, 6.07) is 4.18. The molecule has 2 N–H and O–H groups in total. The molecule has 1 aromatic rings. The van der Waals surface area contributed by atoms with Gasteiger partial charge in [-0.3, -0.25) is 0 Å². The summed E-state index contributed by atoms with van der Waals surface area (Å²) in [7, 11) is 0. The summed E-state index contributed by atoms with van der Waals surface area (Å²) in [4.78, 5) is 6.64. The van der Waals surface area contributed by atoms with Gasteiger partial charge < -0.3 is 10.6 Å². The van der Waals surface area contributed by atoms with E-state index in [2.05, 4.69) is 16.8 Å². The number of aromatic nitrogens is 1. The predicted octanol–water partition coefficient (Wildman–Crippen LogP) is 2.30. The van der Waals surface area contributed by atoms with Gasteiger partial charge in [-0.25, -0.2) is 4.98 Å². The Morgan fingerprint density at radius 2 is 2.12 bits per heavy atom. The molecule has 2 rings (SSSR count). The molecule has 0 radical (unpaired) electrons. The van der Waals surface area contributed by atoms with E-state index in [0.29, 0.717) is 17.0 Å². The number of pyridine rings is 1. The molecule has 0 aromatic carbocycles. The Morgan fingerprint density at radius 3 is 2.62 bits per heavy atom. The lowest BCUT2D eigenvalue weighted by Gasteiger charge is -2.34. The Bertz CT molecular complexity index is 329. The van der Waals surface area contributed by atoms with Gasteiger partial charge in [0.1, 0.15) is 5.82 Å². The van der Waals surface area contributed by atoms with Crippen LogP contribution in [-0.2, 0) is 0 Å². The summed E-state index contributed by atoms with van der Waals surface area (Å²) in [6.45, 7) is 4.18. The van der Waals surface area contributed by atoms with Crippen LogP contribution in [0.2, 0.25) is 5.02 Å². The number of hydrogen-bond acceptors (Lipinski definition) is 3. The molecule has 0 aliphatic carbocycles. The topological polar surface area (TPSA) is 42.1 Å². The Kier molecular flexibility index (Phi) is 3.66. The van der Waals surface area contributed by atoms with Crippen LogP contribution < -0.4 is 10.6 Å². The van der Waals surface area contributed by atoms with Crippen molar-refractivity contribution < 1.29 is 0 Å². The summed E-state index contributed by atoms with van der Waals surface area (Å²) < 4.78 is 0. The molecule has 1 fully saturated rings. The predicted molar refractivity (Wildman–Crippen MR) is 67.8 cm³/mol. The van der Waals surface area contributed by atoms with Crippen molar-refractivity contribution in [1.29, 1.82) is 0 Å². The molecule has 1 atom stereocenters. The van der Waals surface area contributed by atoms with Crippen molar-refractivity contribution in [2.45, 2.75) is 25.8 Å². The molecule has 88 valence electrons. The average Bonchev–Trinajstić information content (AvgIpc) is 2.30. The number of piperidine rings is 1. The first-order valence-corrected chi connectivity index (χ1v) is 6.16. The first-order chi connectivity index (χ1) is 7.66. The fourth-order valence-electron chi connectivity index (χ4n) is 2.21. The van der Waals surface area contributed by atoms with Crippen molar-refractivity contribution in [2.75, 3.05) is 18.0 Å². The van der Waals surface area contributed by atoms with Crippen molar-refractivity contribution in [1.82, 2.24) is 4.98 Å². The Hall–Kier alpha value is -0.800. The normalized spacial score (nSPS) is 19.8. The van der Waals surface area contributed by atoms with Crippen molar-refractivity contribution in [3.63, 3.8) is 0 Å². The summed E-state index contributed by atoms with van der Waals surface area (Å²) >= 11 is 5.82. The minimum atomic E-state index is 0.306. The highest BCUT2D eigenvalue weighted by molar-refractivity contribution is 6.30. The molecule has 0 spiro atoms. The highest BCUT2D eigenvalue weighted by atomic mass is 35.5. The third-order valence-electron chi connectivity index (χ3n) is 3.32. The molecule has 3 nitrogen and oxygen atoms in total. The van der Waals surface area contributed by atoms with E-state index in [-0.39, 0.29) is 0 Å². The number of hydrogen-bond donors (Lipinski definition) is 1. The van der Waals surface area contributed by atoms with Gasteiger partial charge in [-0.15, -0.1) is 0 Å². The van der Waals surface area contributed by atoms with Gasteiger partial charge in [-0.05, 0) is 37.8 Å². The van der Waals surface area contributed by atoms with E-state index in [1.165, 1.54) is 0 Å². The summed E-state index contributed by atoms with van der Waals surface area (Å²) in [6.07, 6.45) is 4.01. The molecular formula is C12H18ClN3. The fourth-order valence-corrected chi connectivity index (χ4v) is 2.32. The largest absolute Gasteiger partial charge is 0.357 e. The summed E-state index contributed by atoms with van der Waals surface area (Å²) in [5.74, 6) is 1.68. The molecule has 0 amide bonds. The second-order valence-electron chi connectivity index (χ2n) is 4.52. The summed E-state index contributed by atoms with van der Waals surface area (Å²) in [5.41, 5.74) is 5.92. The zero-order valence-corrected chi connectivity index (χ0v) is 10.3. The molecule has 1 unspecified atom stereocenters. The van der Waals surface area contributed by atoms with E-state index >= 15 is 0 Å². The minimum Gasteiger partial charge on any atom is -0.357 e. The number of anilines is 1. The van der Waals surface area contributed by atoms with Crippen LogP contribution in [0.15, 0.2) is 18.3 Å². The van der Waals surface area contributed by atoms with Gasteiger partial charge in [0, 0.05) is 25.3 Å². The molecule has 1 aromatic heterocycles. The van der Waals surface area contributed by atoms with E-state index in [9.17, 15) is 0 Å². The van der Waals surface area contributed by atoms with Gasteiger partial charge in [-0.1, -0.05) is 11.6 Å². The van der Waals surface area contributed by atoms with Gasteiger partial charge in [-0.2, -0.15) is 0 Å². The first kappa shape index (κ1) is 11.7. The maximum absolute atomic E-state index is 5.92. The second kappa shape index (κ2) is 5.02. The third kappa shape index (κ3) is 2.66. The zero-order chi connectivity index (χ0) is 11.5. The molecular weight excluding hydrogens is 222 g/mol. The summed E-state index contributed by atoms with van der Waals surface area (Å²) in [5, 5.41) is 0.689. The van der Waals surface area contributed by atoms with E-state index in [0.717, 1.165) is 31.7 Å². The van der Waals surface area contributed by atoms with Crippen molar-refractivity contribution in [3.8, 4) is 0 Å². The van der Waals surface area contributed by atoms with Crippen molar-refractivity contribution >= 4 is 17.4 Å². The molecule has 4 heteroatoms. The minimum absolute atomic E-state index is 0.306. The van der Waals surface area contributed by atoms with Crippen molar-refractivity contribution in [2.24, 2.45) is 11.7 Å².